The maximum atomic E-state index is 5.31. The number of benzene rings is 9. The first-order valence-electron chi connectivity index (χ1n) is 19.7. The third-order valence-corrected chi connectivity index (χ3v) is 12.1. The van der Waals surface area contributed by atoms with Gasteiger partial charge in [0.05, 0.1) is 11.4 Å². The van der Waals surface area contributed by atoms with Crippen molar-refractivity contribution in [2.45, 2.75) is 19.3 Å². The number of nitrogens with zero attached hydrogens (tertiary/aromatic N) is 2. The van der Waals surface area contributed by atoms with E-state index in [2.05, 4.69) is 202 Å². The van der Waals surface area contributed by atoms with Crippen LogP contribution in [0.15, 0.2) is 194 Å². The van der Waals surface area contributed by atoms with E-state index in [1.165, 1.54) is 71.4 Å². The summed E-state index contributed by atoms with van der Waals surface area (Å²) in [6.07, 6.45) is 0. The van der Waals surface area contributed by atoms with Crippen LogP contribution in [0, 0.1) is 0 Å². The quantitative estimate of drug-likeness (QED) is 0.176. The standard InChI is InChI=1S/C55H38N2/c1-55(2)49-25-13-23-42(52(49)48-31-30-36-15-7-9-20-43(36)53(48)55)38-28-26-37(27-29-38)41-32-33-47(45-22-11-10-21-44(41)45)54-56-50(39-16-4-3-5-17-39)34-51(57-54)46-24-12-18-35-14-6-8-19-40(35)46/h3-34H,1-2H3. The van der Waals surface area contributed by atoms with Gasteiger partial charge in [0.2, 0.25) is 0 Å². The summed E-state index contributed by atoms with van der Waals surface area (Å²) >= 11 is 0. The average molecular weight is 727 g/mol. The van der Waals surface area contributed by atoms with Gasteiger partial charge in [0.1, 0.15) is 0 Å². The lowest BCUT2D eigenvalue weighted by molar-refractivity contribution is 0.666. The Bertz CT molecular complexity index is 3190. The predicted molar refractivity (Wildman–Crippen MR) is 239 cm³/mol. The van der Waals surface area contributed by atoms with E-state index >= 15 is 0 Å². The molecular weight excluding hydrogens is 689 g/mol. The van der Waals surface area contributed by atoms with Crippen LogP contribution in [0.4, 0.5) is 0 Å². The van der Waals surface area contributed by atoms with E-state index in [0.717, 1.165) is 33.5 Å². The Balaban J connectivity index is 1.02. The Hall–Kier alpha value is -7.16. The summed E-state index contributed by atoms with van der Waals surface area (Å²) in [4.78, 5) is 10.5. The molecule has 57 heavy (non-hydrogen) atoms. The van der Waals surface area contributed by atoms with E-state index in [1.54, 1.807) is 0 Å². The Morgan fingerprint density at radius 1 is 0.351 bits per heavy atom. The molecule has 0 atom stereocenters. The highest BCUT2D eigenvalue weighted by Gasteiger charge is 2.38. The van der Waals surface area contributed by atoms with Crippen molar-refractivity contribution in [1.29, 1.82) is 0 Å². The number of hydrogen-bond acceptors (Lipinski definition) is 2. The highest BCUT2D eigenvalue weighted by molar-refractivity contribution is 6.05. The molecule has 11 rings (SSSR count). The van der Waals surface area contributed by atoms with Gasteiger partial charge in [0.15, 0.2) is 5.82 Å². The molecule has 268 valence electrons. The topological polar surface area (TPSA) is 25.8 Å². The second-order valence-corrected chi connectivity index (χ2v) is 15.7. The van der Waals surface area contributed by atoms with E-state index in [1.807, 2.05) is 6.07 Å². The van der Waals surface area contributed by atoms with Crippen molar-refractivity contribution in [1.82, 2.24) is 9.97 Å². The van der Waals surface area contributed by atoms with Crippen LogP contribution in [-0.2, 0) is 5.41 Å². The fourth-order valence-corrected chi connectivity index (χ4v) is 9.38. The summed E-state index contributed by atoms with van der Waals surface area (Å²) in [6.45, 7) is 4.75. The van der Waals surface area contributed by atoms with Gasteiger partial charge in [0.25, 0.3) is 0 Å². The fourth-order valence-electron chi connectivity index (χ4n) is 9.38. The zero-order chi connectivity index (χ0) is 38.1. The average Bonchev–Trinajstić information content (AvgIpc) is 3.52. The minimum Gasteiger partial charge on any atom is -0.228 e. The van der Waals surface area contributed by atoms with Gasteiger partial charge >= 0.3 is 0 Å². The predicted octanol–water partition coefficient (Wildman–Crippen LogP) is 14.6. The zero-order valence-corrected chi connectivity index (χ0v) is 31.9. The highest BCUT2D eigenvalue weighted by atomic mass is 14.9. The molecule has 0 radical (unpaired) electrons. The summed E-state index contributed by atoms with van der Waals surface area (Å²) in [5.41, 5.74) is 15.3. The Labute approximate surface area is 332 Å². The lowest BCUT2D eigenvalue weighted by Gasteiger charge is -2.23. The molecule has 0 saturated heterocycles. The van der Waals surface area contributed by atoms with Crippen molar-refractivity contribution in [3.8, 4) is 67.3 Å². The Morgan fingerprint density at radius 2 is 0.895 bits per heavy atom. The molecule has 0 fully saturated rings. The molecule has 0 bridgehead atoms. The Kier molecular flexibility index (Phi) is 7.55. The summed E-state index contributed by atoms with van der Waals surface area (Å²) < 4.78 is 0. The summed E-state index contributed by atoms with van der Waals surface area (Å²) in [7, 11) is 0. The third kappa shape index (κ3) is 5.33. The molecule has 9 aromatic carbocycles. The second-order valence-electron chi connectivity index (χ2n) is 15.7. The van der Waals surface area contributed by atoms with Gasteiger partial charge in [-0.05, 0) is 89.0 Å². The van der Waals surface area contributed by atoms with Crippen molar-refractivity contribution in [3.63, 3.8) is 0 Å². The lowest BCUT2D eigenvalue weighted by atomic mass is 9.80. The molecule has 0 aliphatic heterocycles. The van der Waals surface area contributed by atoms with Crippen LogP contribution in [-0.4, -0.2) is 9.97 Å². The molecule has 2 nitrogen and oxygen atoms in total. The zero-order valence-electron chi connectivity index (χ0n) is 31.9. The largest absolute Gasteiger partial charge is 0.228 e. The van der Waals surface area contributed by atoms with Crippen molar-refractivity contribution in [2.75, 3.05) is 0 Å². The van der Waals surface area contributed by atoms with E-state index < -0.39 is 0 Å². The van der Waals surface area contributed by atoms with Crippen LogP contribution in [0.2, 0.25) is 0 Å². The molecule has 10 aromatic rings. The maximum absolute atomic E-state index is 5.31. The first kappa shape index (κ1) is 33.2. The summed E-state index contributed by atoms with van der Waals surface area (Å²) in [5, 5.41) is 7.30. The van der Waals surface area contributed by atoms with Crippen LogP contribution in [0.3, 0.4) is 0 Å². The molecule has 0 N–H and O–H groups in total. The summed E-state index contributed by atoms with van der Waals surface area (Å²) in [6, 6.07) is 70.0. The number of hydrogen-bond donors (Lipinski definition) is 0. The number of fused-ring (bicyclic) bond motifs is 7. The Morgan fingerprint density at radius 3 is 1.67 bits per heavy atom. The third-order valence-electron chi connectivity index (χ3n) is 12.1. The van der Waals surface area contributed by atoms with Gasteiger partial charge in [-0.2, -0.15) is 0 Å². The van der Waals surface area contributed by atoms with Crippen LogP contribution in [0.1, 0.15) is 25.0 Å². The molecule has 0 unspecified atom stereocenters. The van der Waals surface area contributed by atoms with Crippen LogP contribution in [0.5, 0.6) is 0 Å². The van der Waals surface area contributed by atoms with Crippen molar-refractivity contribution in [3.05, 3.63) is 205 Å². The molecule has 1 aromatic heterocycles. The molecule has 0 amide bonds. The molecular formula is C55H38N2. The van der Waals surface area contributed by atoms with Crippen molar-refractivity contribution >= 4 is 32.3 Å². The van der Waals surface area contributed by atoms with E-state index in [4.69, 9.17) is 9.97 Å². The molecule has 1 aliphatic carbocycles. The van der Waals surface area contributed by atoms with Gasteiger partial charge in [0, 0.05) is 22.1 Å². The van der Waals surface area contributed by atoms with Crippen molar-refractivity contribution in [2.24, 2.45) is 0 Å². The van der Waals surface area contributed by atoms with Crippen LogP contribution in [0.25, 0.3) is 99.6 Å². The van der Waals surface area contributed by atoms with E-state index in [9.17, 15) is 0 Å². The fraction of sp³-hybridized carbons (Fsp3) is 0.0545. The normalized spacial score (nSPS) is 12.9. The number of aromatic nitrogens is 2. The van der Waals surface area contributed by atoms with Crippen LogP contribution < -0.4 is 0 Å². The monoisotopic (exact) mass is 726 g/mol. The molecule has 0 saturated carbocycles. The van der Waals surface area contributed by atoms with E-state index in [0.29, 0.717) is 5.82 Å². The van der Waals surface area contributed by atoms with Gasteiger partial charge < -0.3 is 0 Å². The first-order valence-corrected chi connectivity index (χ1v) is 19.7. The molecule has 2 heteroatoms. The lowest BCUT2D eigenvalue weighted by Crippen LogP contribution is -2.15. The van der Waals surface area contributed by atoms with Gasteiger partial charge in [-0.1, -0.05) is 196 Å². The SMILES string of the molecule is CC1(C)c2cccc(-c3ccc(-c4ccc(-c5nc(-c6ccccc6)cc(-c6cccc7ccccc67)n5)c5ccccc45)cc3)c2-c2ccc3ccccc3c21. The van der Waals surface area contributed by atoms with Crippen molar-refractivity contribution < 1.29 is 0 Å². The maximum Gasteiger partial charge on any atom is 0.161 e. The molecule has 0 spiro atoms. The minimum absolute atomic E-state index is 0.0951. The van der Waals surface area contributed by atoms with Crippen LogP contribution >= 0.6 is 0 Å². The van der Waals surface area contributed by atoms with Gasteiger partial charge in [-0.3, -0.25) is 0 Å². The molecule has 1 aliphatic rings. The smallest absolute Gasteiger partial charge is 0.161 e. The second kappa shape index (κ2) is 13.0. The van der Waals surface area contributed by atoms with E-state index in [-0.39, 0.29) is 5.41 Å². The highest BCUT2D eigenvalue weighted by Crippen LogP contribution is 2.54. The first-order chi connectivity index (χ1) is 28.0. The van der Waals surface area contributed by atoms with Gasteiger partial charge in [-0.15, -0.1) is 0 Å². The summed E-state index contributed by atoms with van der Waals surface area (Å²) in [5.74, 6) is 0.714. The number of rotatable bonds is 5. The minimum atomic E-state index is -0.0951. The van der Waals surface area contributed by atoms with Gasteiger partial charge in [-0.25, -0.2) is 9.97 Å². The molecule has 1 heterocycles.